The molecule has 0 atom stereocenters. The minimum atomic E-state index is -0.349. The van der Waals surface area contributed by atoms with Crippen LogP contribution in [0.3, 0.4) is 0 Å². The average Bonchev–Trinajstić information content (AvgIpc) is 2.65. The Morgan fingerprint density at radius 1 is 1.12 bits per heavy atom. The molecule has 0 fully saturated rings. The highest BCUT2D eigenvalue weighted by atomic mass is 35.5. The van der Waals surface area contributed by atoms with Gasteiger partial charge in [0, 0.05) is 17.1 Å². The third-order valence-electron chi connectivity index (χ3n) is 3.41. The molecule has 0 aromatic heterocycles. The van der Waals surface area contributed by atoms with Crippen LogP contribution in [0.5, 0.6) is 17.2 Å². The van der Waals surface area contributed by atoms with Crippen LogP contribution in [0.25, 0.3) is 0 Å². The Morgan fingerprint density at radius 2 is 1.81 bits per heavy atom. The van der Waals surface area contributed by atoms with E-state index in [0.29, 0.717) is 35.5 Å². The maximum Gasteiger partial charge on any atom is 0.234 e. The number of nitrogens with one attached hydrogen (secondary N) is 1. The zero-order valence-corrected chi connectivity index (χ0v) is 15.1. The first kappa shape index (κ1) is 19.4. The van der Waals surface area contributed by atoms with E-state index in [4.69, 9.17) is 31.1 Å². The van der Waals surface area contributed by atoms with Crippen molar-refractivity contribution < 1.29 is 19.0 Å². The van der Waals surface area contributed by atoms with Crippen LogP contribution >= 0.6 is 11.6 Å². The van der Waals surface area contributed by atoms with E-state index in [-0.39, 0.29) is 18.9 Å². The van der Waals surface area contributed by atoms with Gasteiger partial charge in [0.25, 0.3) is 0 Å². The summed E-state index contributed by atoms with van der Waals surface area (Å²) in [4.78, 5) is 11.5. The fourth-order valence-electron chi connectivity index (χ4n) is 2.20. The van der Waals surface area contributed by atoms with Gasteiger partial charge in [-0.2, -0.15) is 5.26 Å². The zero-order valence-electron chi connectivity index (χ0n) is 14.3. The molecule has 0 heterocycles. The number of halogens is 1. The fraction of sp³-hybridized carbons (Fsp3) is 0.263. The molecular formula is C19H19ClN2O4. The summed E-state index contributed by atoms with van der Waals surface area (Å²) in [6, 6.07) is 14.3. The number of ether oxygens (including phenoxy) is 3. The number of benzene rings is 2. The molecule has 26 heavy (non-hydrogen) atoms. The zero-order chi connectivity index (χ0) is 18.8. The summed E-state index contributed by atoms with van der Waals surface area (Å²) in [6.07, 6.45) is -0.191. The SMILES string of the molecule is COc1ccccc1OCCOc1ccc(Cl)cc1CNC(=O)CC#N. The average molecular weight is 375 g/mol. The minimum absolute atomic E-state index is 0.191. The highest BCUT2D eigenvalue weighted by Crippen LogP contribution is 2.26. The van der Waals surface area contributed by atoms with E-state index in [0.717, 1.165) is 5.56 Å². The monoisotopic (exact) mass is 374 g/mol. The summed E-state index contributed by atoms with van der Waals surface area (Å²) in [5.74, 6) is 1.53. The van der Waals surface area contributed by atoms with Gasteiger partial charge in [0.2, 0.25) is 5.91 Å². The van der Waals surface area contributed by atoms with Gasteiger partial charge >= 0.3 is 0 Å². The Hall–Kier alpha value is -2.91. The van der Waals surface area contributed by atoms with Gasteiger partial charge in [0.15, 0.2) is 11.5 Å². The highest BCUT2D eigenvalue weighted by molar-refractivity contribution is 6.30. The van der Waals surface area contributed by atoms with Crippen LogP contribution in [-0.4, -0.2) is 26.2 Å². The van der Waals surface area contributed by atoms with Crippen molar-refractivity contribution in [2.75, 3.05) is 20.3 Å². The van der Waals surface area contributed by atoms with Gasteiger partial charge in [0.1, 0.15) is 25.4 Å². The van der Waals surface area contributed by atoms with Crippen molar-refractivity contribution in [1.82, 2.24) is 5.32 Å². The number of nitrogens with zero attached hydrogens (tertiary/aromatic N) is 1. The third kappa shape index (κ3) is 5.87. The molecule has 0 radical (unpaired) electrons. The molecule has 7 heteroatoms. The predicted molar refractivity (Wildman–Crippen MR) is 97.5 cm³/mol. The van der Waals surface area contributed by atoms with Crippen molar-refractivity contribution in [2.24, 2.45) is 0 Å². The molecule has 1 amide bonds. The quantitative estimate of drug-likeness (QED) is 0.681. The number of carbonyl (C=O) groups is 1. The van der Waals surface area contributed by atoms with Gasteiger partial charge in [-0.15, -0.1) is 0 Å². The number of hydrogen-bond acceptors (Lipinski definition) is 5. The van der Waals surface area contributed by atoms with Gasteiger partial charge < -0.3 is 19.5 Å². The lowest BCUT2D eigenvalue weighted by Gasteiger charge is -2.14. The topological polar surface area (TPSA) is 80.6 Å². The molecule has 0 unspecified atom stereocenters. The maximum absolute atomic E-state index is 11.5. The van der Waals surface area contributed by atoms with Crippen LogP contribution in [0.4, 0.5) is 0 Å². The predicted octanol–water partition coefficient (Wildman–Crippen LogP) is 3.34. The van der Waals surface area contributed by atoms with E-state index < -0.39 is 0 Å². The first-order chi connectivity index (χ1) is 12.6. The fourth-order valence-corrected chi connectivity index (χ4v) is 2.39. The summed E-state index contributed by atoms with van der Waals surface area (Å²) in [7, 11) is 1.58. The lowest BCUT2D eigenvalue weighted by atomic mass is 10.2. The molecule has 0 aliphatic heterocycles. The first-order valence-corrected chi connectivity index (χ1v) is 8.32. The van der Waals surface area contributed by atoms with E-state index in [1.165, 1.54) is 0 Å². The molecule has 136 valence electrons. The summed E-state index contributed by atoms with van der Waals surface area (Å²) in [5.41, 5.74) is 0.723. The number of para-hydroxylation sites is 2. The first-order valence-electron chi connectivity index (χ1n) is 7.94. The Morgan fingerprint density at radius 3 is 2.50 bits per heavy atom. The van der Waals surface area contributed by atoms with Crippen molar-refractivity contribution in [3.63, 3.8) is 0 Å². The van der Waals surface area contributed by atoms with Gasteiger partial charge in [-0.1, -0.05) is 23.7 Å². The summed E-state index contributed by atoms with van der Waals surface area (Å²) in [6.45, 7) is 0.853. The number of hydrogen-bond donors (Lipinski definition) is 1. The normalized spacial score (nSPS) is 9.88. The third-order valence-corrected chi connectivity index (χ3v) is 3.64. The Labute approximate surface area is 157 Å². The van der Waals surface area contributed by atoms with Gasteiger partial charge in [-0.05, 0) is 30.3 Å². The van der Waals surface area contributed by atoms with Crippen LogP contribution < -0.4 is 19.5 Å². The molecule has 0 aliphatic rings. The molecule has 0 saturated heterocycles. The molecule has 2 aromatic carbocycles. The van der Waals surface area contributed by atoms with Gasteiger partial charge in [0.05, 0.1) is 13.2 Å². The smallest absolute Gasteiger partial charge is 0.234 e. The summed E-state index contributed by atoms with van der Waals surface area (Å²) in [5, 5.41) is 11.7. The largest absolute Gasteiger partial charge is 0.493 e. The van der Waals surface area contributed by atoms with E-state index in [2.05, 4.69) is 5.32 Å². The Bertz CT molecular complexity index is 789. The summed E-state index contributed by atoms with van der Waals surface area (Å²) < 4.78 is 16.6. The van der Waals surface area contributed by atoms with Crippen LogP contribution in [0.15, 0.2) is 42.5 Å². The number of carbonyl (C=O) groups excluding carboxylic acids is 1. The standard InChI is InChI=1S/C19H19ClN2O4/c1-24-17-4-2-3-5-18(17)26-11-10-25-16-7-6-15(20)12-14(16)13-22-19(23)8-9-21/h2-7,12H,8,10-11,13H2,1H3,(H,22,23). The molecule has 2 aromatic rings. The molecule has 0 saturated carbocycles. The second-order valence-corrected chi connectivity index (χ2v) is 5.65. The van der Waals surface area contributed by atoms with Crippen molar-refractivity contribution in [3.05, 3.63) is 53.1 Å². The molecule has 0 aliphatic carbocycles. The Kier molecular flexibility index (Phi) is 7.59. The molecule has 0 spiro atoms. The number of rotatable bonds is 9. The summed E-state index contributed by atoms with van der Waals surface area (Å²) >= 11 is 6.01. The molecular weight excluding hydrogens is 356 g/mol. The van der Waals surface area contributed by atoms with Crippen LogP contribution in [-0.2, 0) is 11.3 Å². The van der Waals surface area contributed by atoms with E-state index in [1.54, 1.807) is 31.4 Å². The van der Waals surface area contributed by atoms with E-state index in [1.807, 2.05) is 24.3 Å². The minimum Gasteiger partial charge on any atom is -0.493 e. The lowest BCUT2D eigenvalue weighted by molar-refractivity contribution is -0.120. The molecule has 6 nitrogen and oxygen atoms in total. The number of nitriles is 1. The van der Waals surface area contributed by atoms with Crippen molar-refractivity contribution in [2.45, 2.75) is 13.0 Å². The second-order valence-electron chi connectivity index (χ2n) is 5.21. The Balaban J connectivity index is 1.90. The van der Waals surface area contributed by atoms with Gasteiger partial charge in [-0.25, -0.2) is 0 Å². The van der Waals surface area contributed by atoms with E-state index >= 15 is 0 Å². The van der Waals surface area contributed by atoms with Gasteiger partial charge in [-0.3, -0.25) is 4.79 Å². The van der Waals surface area contributed by atoms with E-state index in [9.17, 15) is 4.79 Å². The van der Waals surface area contributed by atoms with Crippen LogP contribution in [0.1, 0.15) is 12.0 Å². The second kappa shape index (κ2) is 10.2. The maximum atomic E-state index is 11.5. The van der Waals surface area contributed by atoms with Crippen molar-refractivity contribution >= 4 is 17.5 Å². The molecule has 0 bridgehead atoms. The van der Waals surface area contributed by atoms with Crippen molar-refractivity contribution in [1.29, 1.82) is 5.26 Å². The molecule has 2 rings (SSSR count). The van der Waals surface area contributed by atoms with Crippen LogP contribution in [0, 0.1) is 11.3 Å². The van der Waals surface area contributed by atoms with Crippen LogP contribution in [0.2, 0.25) is 5.02 Å². The van der Waals surface area contributed by atoms with Crippen molar-refractivity contribution in [3.8, 4) is 23.3 Å². The number of amides is 1. The molecule has 1 N–H and O–H groups in total. The number of methoxy groups -OCH3 is 1. The lowest BCUT2D eigenvalue weighted by Crippen LogP contribution is -2.22. The highest BCUT2D eigenvalue weighted by Gasteiger charge is 2.08.